The quantitative estimate of drug-likeness (QED) is 0.749. The zero-order valence-electron chi connectivity index (χ0n) is 14.4. The lowest BCUT2D eigenvalue weighted by Crippen LogP contribution is -2.30. The Morgan fingerprint density at radius 2 is 1.69 bits per heavy atom. The highest BCUT2D eigenvalue weighted by Crippen LogP contribution is 2.12. The standard InChI is InChI=1S/C19H18N4O3/c1-12-15-5-3-4-6-16(15)19(26)23(22-12)11-17(24)21-14-9-7-13(8-10-14)18(25)20-2/h3-10H,11H2,1-2H3,(H,20,25)(H,21,24). The third-order valence-electron chi connectivity index (χ3n) is 4.00. The van der Waals surface area contributed by atoms with Gasteiger partial charge in [-0.05, 0) is 37.3 Å². The minimum atomic E-state index is -0.373. The van der Waals surface area contributed by atoms with Crippen molar-refractivity contribution >= 4 is 28.3 Å². The Bertz CT molecular complexity index is 1040. The van der Waals surface area contributed by atoms with E-state index in [2.05, 4.69) is 15.7 Å². The third-order valence-corrected chi connectivity index (χ3v) is 4.00. The van der Waals surface area contributed by atoms with Gasteiger partial charge in [0.05, 0.1) is 11.1 Å². The Morgan fingerprint density at radius 1 is 1.04 bits per heavy atom. The molecule has 26 heavy (non-hydrogen) atoms. The van der Waals surface area contributed by atoms with Gasteiger partial charge in [-0.1, -0.05) is 18.2 Å². The molecule has 0 saturated carbocycles. The van der Waals surface area contributed by atoms with Gasteiger partial charge in [0.25, 0.3) is 11.5 Å². The van der Waals surface area contributed by atoms with Crippen LogP contribution in [0.5, 0.6) is 0 Å². The summed E-state index contributed by atoms with van der Waals surface area (Å²) >= 11 is 0. The number of benzene rings is 2. The average molecular weight is 350 g/mol. The van der Waals surface area contributed by atoms with Crippen LogP contribution in [0.15, 0.2) is 53.3 Å². The molecule has 7 nitrogen and oxygen atoms in total. The van der Waals surface area contributed by atoms with E-state index in [0.717, 1.165) is 10.1 Å². The average Bonchev–Trinajstić information content (AvgIpc) is 2.66. The number of hydrogen-bond acceptors (Lipinski definition) is 4. The minimum absolute atomic E-state index is 0.193. The predicted molar refractivity (Wildman–Crippen MR) is 99.2 cm³/mol. The van der Waals surface area contributed by atoms with Crippen molar-refractivity contribution in [2.75, 3.05) is 12.4 Å². The molecule has 0 saturated heterocycles. The van der Waals surface area contributed by atoms with Crippen LogP contribution in [-0.4, -0.2) is 28.6 Å². The second-order valence-corrected chi connectivity index (χ2v) is 5.80. The van der Waals surface area contributed by atoms with E-state index < -0.39 is 0 Å². The molecule has 0 aliphatic carbocycles. The summed E-state index contributed by atoms with van der Waals surface area (Å²) in [5, 5.41) is 10.8. The molecule has 132 valence electrons. The minimum Gasteiger partial charge on any atom is -0.355 e. The lowest BCUT2D eigenvalue weighted by molar-refractivity contribution is -0.117. The number of aryl methyl sites for hydroxylation is 1. The molecule has 0 atom stereocenters. The monoisotopic (exact) mass is 350 g/mol. The van der Waals surface area contributed by atoms with Crippen molar-refractivity contribution in [3.63, 3.8) is 0 Å². The zero-order valence-corrected chi connectivity index (χ0v) is 14.4. The lowest BCUT2D eigenvalue weighted by atomic mass is 10.1. The van der Waals surface area contributed by atoms with Gasteiger partial charge in [0.15, 0.2) is 0 Å². The molecule has 0 aliphatic rings. The third kappa shape index (κ3) is 3.46. The molecular weight excluding hydrogens is 332 g/mol. The van der Waals surface area contributed by atoms with Crippen molar-refractivity contribution in [3.05, 3.63) is 70.1 Å². The summed E-state index contributed by atoms with van der Waals surface area (Å²) in [5.74, 6) is -0.577. The van der Waals surface area contributed by atoms with Crippen LogP contribution < -0.4 is 16.2 Å². The van der Waals surface area contributed by atoms with Crippen LogP contribution in [0, 0.1) is 6.92 Å². The Labute approximate surface area is 149 Å². The maximum Gasteiger partial charge on any atom is 0.275 e. The van der Waals surface area contributed by atoms with Crippen LogP contribution in [0.1, 0.15) is 16.1 Å². The van der Waals surface area contributed by atoms with Gasteiger partial charge in [0, 0.05) is 23.7 Å². The molecule has 3 rings (SSSR count). The van der Waals surface area contributed by atoms with Gasteiger partial charge in [-0.25, -0.2) is 4.68 Å². The second-order valence-electron chi connectivity index (χ2n) is 5.80. The number of hydrogen-bond donors (Lipinski definition) is 2. The Balaban J connectivity index is 1.78. The summed E-state index contributed by atoms with van der Waals surface area (Å²) in [6.07, 6.45) is 0. The first-order valence-corrected chi connectivity index (χ1v) is 8.08. The fourth-order valence-electron chi connectivity index (χ4n) is 2.70. The number of anilines is 1. The number of nitrogens with one attached hydrogen (secondary N) is 2. The van der Waals surface area contributed by atoms with Gasteiger partial charge in [-0.15, -0.1) is 0 Å². The smallest absolute Gasteiger partial charge is 0.275 e. The molecule has 0 aliphatic heterocycles. The van der Waals surface area contributed by atoms with Crippen molar-refractivity contribution in [1.82, 2.24) is 15.1 Å². The number of carbonyl (C=O) groups excluding carboxylic acids is 2. The molecule has 0 spiro atoms. The molecule has 0 radical (unpaired) electrons. The maximum atomic E-state index is 12.5. The van der Waals surface area contributed by atoms with Gasteiger partial charge in [-0.2, -0.15) is 5.10 Å². The Morgan fingerprint density at radius 3 is 2.35 bits per heavy atom. The van der Waals surface area contributed by atoms with E-state index in [-0.39, 0.29) is 23.9 Å². The summed E-state index contributed by atoms with van der Waals surface area (Å²) in [6, 6.07) is 13.7. The molecular formula is C19H18N4O3. The van der Waals surface area contributed by atoms with Crippen LogP contribution in [0.25, 0.3) is 10.8 Å². The zero-order chi connectivity index (χ0) is 18.7. The number of fused-ring (bicyclic) bond motifs is 1. The van der Waals surface area contributed by atoms with Gasteiger partial charge in [-0.3, -0.25) is 14.4 Å². The number of carbonyl (C=O) groups is 2. The number of aromatic nitrogens is 2. The normalized spacial score (nSPS) is 10.5. The molecule has 0 unspecified atom stereocenters. The van der Waals surface area contributed by atoms with Gasteiger partial charge < -0.3 is 10.6 Å². The van der Waals surface area contributed by atoms with E-state index in [4.69, 9.17) is 0 Å². The van der Waals surface area contributed by atoms with E-state index in [0.29, 0.717) is 22.3 Å². The van der Waals surface area contributed by atoms with Crippen LogP contribution in [0.3, 0.4) is 0 Å². The molecule has 0 bridgehead atoms. The van der Waals surface area contributed by atoms with Gasteiger partial charge in [0.1, 0.15) is 6.54 Å². The molecule has 0 fully saturated rings. The van der Waals surface area contributed by atoms with E-state index >= 15 is 0 Å². The number of nitrogens with zero attached hydrogens (tertiary/aromatic N) is 2. The molecule has 1 heterocycles. The number of rotatable bonds is 4. The molecule has 2 aromatic carbocycles. The van der Waals surface area contributed by atoms with Crippen LogP contribution in [-0.2, 0) is 11.3 Å². The van der Waals surface area contributed by atoms with E-state index in [1.807, 2.05) is 12.1 Å². The van der Waals surface area contributed by atoms with Crippen LogP contribution >= 0.6 is 0 Å². The topological polar surface area (TPSA) is 93.1 Å². The van der Waals surface area contributed by atoms with E-state index in [1.165, 1.54) is 0 Å². The van der Waals surface area contributed by atoms with E-state index in [9.17, 15) is 14.4 Å². The van der Waals surface area contributed by atoms with Crippen molar-refractivity contribution in [2.24, 2.45) is 0 Å². The van der Waals surface area contributed by atoms with E-state index in [1.54, 1.807) is 50.4 Å². The Kier molecular flexibility index (Phi) is 4.79. The first-order chi connectivity index (χ1) is 12.5. The van der Waals surface area contributed by atoms with Crippen molar-refractivity contribution in [2.45, 2.75) is 13.5 Å². The fourth-order valence-corrected chi connectivity index (χ4v) is 2.70. The lowest BCUT2D eigenvalue weighted by Gasteiger charge is -2.09. The second kappa shape index (κ2) is 7.18. The highest BCUT2D eigenvalue weighted by Gasteiger charge is 2.11. The highest BCUT2D eigenvalue weighted by molar-refractivity contribution is 5.95. The highest BCUT2D eigenvalue weighted by atomic mass is 16.2. The first-order valence-electron chi connectivity index (χ1n) is 8.08. The summed E-state index contributed by atoms with van der Waals surface area (Å²) in [6.45, 7) is 1.61. The van der Waals surface area contributed by atoms with Crippen LogP contribution in [0.2, 0.25) is 0 Å². The van der Waals surface area contributed by atoms with Crippen LogP contribution in [0.4, 0.5) is 5.69 Å². The largest absolute Gasteiger partial charge is 0.355 e. The van der Waals surface area contributed by atoms with Crippen molar-refractivity contribution in [1.29, 1.82) is 0 Å². The maximum absolute atomic E-state index is 12.5. The predicted octanol–water partition coefficient (Wildman–Crippen LogP) is 1.70. The molecule has 3 aromatic rings. The Hall–Kier alpha value is -3.48. The molecule has 7 heteroatoms. The van der Waals surface area contributed by atoms with Gasteiger partial charge >= 0.3 is 0 Å². The summed E-state index contributed by atoms with van der Waals surface area (Å²) in [4.78, 5) is 36.3. The summed E-state index contributed by atoms with van der Waals surface area (Å²) in [7, 11) is 1.55. The SMILES string of the molecule is CNC(=O)c1ccc(NC(=O)Cn2nc(C)c3ccccc3c2=O)cc1. The van der Waals surface area contributed by atoms with Crippen molar-refractivity contribution in [3.8, 4) is 0 Å². The molecule has 2 N–H and O–H groups in total. The fraction of sp³-hybridized carbons (Fsp3) is 0.158. The summed E-state index contributed by atoms with van der Waals surface area (Å²) in [5.41, 5.74) is 1.40. The van der Waals surface area contributed by atoms with Crippen molar-refractivity contribution < 1.29 is 9.59 Å². The first kappa shape index (κ1) is 17.3. The van der Waals surface area contributed by atoms with Gasteiger partial charge in [0.2, 0.25) is 5.91 Å². The molecule has 1 aromatic heterocycles. The number of amides is 2. The molecule has 2 amide bonds. The summed E-state index contributed by atoms with van der Waals surface area (Å²) < 4.78 is 1.16.